The van der Waals surface area contributed by atoms with Crippen molar-refractivity contribution in [1.29, 1.82) is 0 Å². The first-order valence-electron chi connectivity index (χ1n) is 3.62. The minimum Gasteiger partial charge on any atom is -0.381 e. The number of ether oxygens (including phenoxy) is 1. The van der Waals surface area contributed by atoms with Crippen molar-refractivity contribution in [1.82, 2.24) is 0 Å². The van der Waals surface area contributed by atoms with Gasteiger partial charge in [-0.3, -0.25) is 0 Å². The second kappa shape index (κ2) is 3.18. The molecule has 1 saturated heterocycles. The van der Waals surface area contributed by atoms with Crippen LogP contribution in [0.15, 0.2) is 0 Å². The van der Waals surface area contributed by atoms with Crippen molar-refractivity contribution >= 4 is 0 Å². The van der Waals surface area contributed by atoms with Gasteiger partial charge in [-0.2, -0.15) is 0 Å². The minimum atomic E-state index is 0.344. The Bertz CT molecular complexity index is 77.0. The van der Waals surface area contributed by atoms with E-state index in [1.54, 1.807) is 0 Å². The van der Waals surface area contributed by atoms with Gasteiger partial charge in [-0.1, -0.05) is 0 Å². The summed E-state index contributed by atoms with van der Waals surface area (Å²) in [5.74, 6) is 0.741. The van der Waals surface area contributed by atoms with Crippen LogP contribution in [0.2, 0.25) is 0 Å². The van der Waals surface area contributed by atoms with Gasteiger partial charge in [0.05, 0.1) is 0 Å². The van der Waals surface area contributed by atoms with E-state index in [0.717, 1.165) is 25.6 Å². The fourth-order valence-electron chi connectivity index (χ4n) is 1.30. The molecule has 0 bridgehead atoms. The lowest BCUT2D eigenvalue weighted by Crippen LogP contribution is -2.19. The van der Waals surface area contributed by atoms with E-state index >= 15 is 0 Å². The van der Waals surface area contributed by atoms with Crippen molar-refractivity contribution in [3.63, 3.8) is 0 Å². The first-order valence-corrected chi connectivity index (χ1v) is 3.62. The highest BCUT2D eigenvalue weighted by Crippen LogP contribution is 2.16. The van der Waals surface area contributed by atoms with Gasteiger partial charge in [-0.25, -0.2) is 0 Å². The third-order valence-corrected chi connectivity index (χ3v) is 1.73. The molecule has 2 atom stereocenters. The van der Waals surface area contributed by atoms with Crippen molar-refractivity contribution < 1.29 is 4.74 Å². The average molecular weight is 129 g/mol. The van der Waals surface area contributed by atoms with Crippen molar-refractivity contribution in [3.8, 4) is 0 Å². The number of rotatable bonds is 2. The molecule has 1 rings (SSSR count). The zero-order valence-corrected chi connectivity index (χ0v) is 5.97. The summed E-state index contributed by atoms with van der Waals surface area (Å²) in [7, 11) is 0. The van der Waals surface area contributed by atoms with Gasteiger partial charge < -0.3 is 10.5 Å². The Morgan fingerprint density at radius 2 is 2.56 bits per heavy atom. The molecule has 0 radical (unpaired) electrons. The van der Waals surface area contributed by atoms with Gasteiger partial charge in [-0.15, -0.1) is 0 Å². The van der Waals surface area contributed by atoms with Gasteiger partial charge in [0.25, 0.3) is 0 Å². The maximum absolute atomic E-state index is 5.62. The molecule has 0 spiro atoms. The Morgan fingerprint density at radius 1 is 1.78 bits per heavy atom. The molecule has 2 heteroatoms. The second-order valence-corrected chi connectivity index (χ2v) is 2.94. The molecule has 2 nitrogen and oxygen atoms in total. The van der Waals surface area contributed by atoms with E-state index in [4.69, 9.17) is 10.5 Å². The molecule has 1 aliphatic heterocycles. The van der Waals surface area contributed by atoms with Crippen molar-refractivity contribution in [2.75, 3.05) is 13.2 Å². The van der Waals surface area contributed by atoms with Gasteiger partial charge >= 0.3 is 0 Å². The van der Waals surface area contributed by atoms with Crippen molar-refractivity contribution in [2.24, 2.45) is 11.7 Å². The molecule has 0 aromatic heterocycles. The molecule has 0 aromatic carbocycles. The lowest BCUT2D eigenvalue weighted by atomic mass is 10.0. The summed E-state index contributed by atoms with van der Waals surface area (Å²) in [5.41, 5.74) is 5.62. The van der Waals surface area contributed by atoms with Gasteiger partial charge in [-0.05, 0) is 25.7 Å². The number of hydrogen-bond acceptors (Lipinski definition) is 2. The predicted octanol–water partition coefficient (Wildman–Crippen LogP) is 0.760. The van der Waals surface area contributed by atoms with Crippen molar-refractivity contribution in [3.05, 3.63) is 0 Å². The van der Waals surface area contributed by atoms with E-state index < -0.39 is 0 Å². The molecular weight excluding hydrogens is 114 g/mol. The normalized spacial score (nSPS) is 30.7. The summed E-state index contributed by atoms with van der Waals surface area (Å²) in [6.45, 7) is 3.93. The molecule has 1 fully saturated rings. The quantitative estimate of drug-likeness (QED) is 0.597. The summed E-state index contributed by atoms with van der Waals surface area (Å²) >= 11 is 0. The molecule has 2 N–H and O–H groups in total. The van der Waals surface area contributed by atoms with Crippen LogP contribution in [-0.2, 0) is 4.74 Å². The van der Waals surface area contributed by atoms with Gasteiger partial charge in [0.1, 0.15) is 0 Å². The average Bonchev–Trinajstić information content (AvgIpc) is 2.15. The zero-order chi connectivity index (χ0) is 6.69. The van der Waals surface area contributed by atoms with E-state index in [1.165, 1.54) is 6.42 Å². The molecule has 1 aliphatic rings. The lowest BCUT2D eigenvalue weighted by Gasteiger charge is -2.08. The van der Waals surface area contributed by atoms with Crippen LogP contribution in [0.1, 0.15) is 19.8 Å². The molecule has 0 unspecified atom stereocenters. The second-order valence-electron chi connectivity index (χ2n) is 2.94. The Kier molecular flexibility index (Phi) is 2.49. The molecule has 54 valence electrons. The standard InChI is InChI=1S/C7H15NO/c1-6(8)4-7-2-3-9-5-7/h6-7H,2-5,8H2,1H3/t6-,7-/m0/s1. The highest BCUT2D eigenvalue weighted by atomic mass is 16.5. The van der Waals surface area contributed by atoms with E-state index in [2.05, 4.69) is 6.92 Å². The maximum Gasteiger partial charge on any atom is 0.0495 e. The molecule has 0 amide bonds. The van der Waals surface area contributed by atoms with Crippen LogP contribution < -0.4 is 5.73 Å². The van der Waals surface area contributed by atoms with Gasteiger partial charge in [0.2, 0.25) is 0 Å². The Morgan fingerprint density at radius 3 is 3.00 bits per heavy atom. The molecule has 0 aliphatic carbocycles. The SMILES string of the molecule is C[C@H](N)C[C@@H]1CCOC1. The molecule has 0 aromatic rings. The fourth-order valence-corrected chi connectivity index (χ4v) is 1.30. The van der Waals surface area contributed by atoms with E-state index in [1.807, 2.05) is 0 Å². The van der Waals surface area contributed by atoms with Crippen LogP contribution in [0, 0.1) is 5.92 Å². The molecule has 9 heavy (non-hydrogen) atoms. The zero-order valence-electron chi connectivity index (χ0n) is 5.97. The van der Waals surface area contributed by atoms with Crippen LogP contribution in [0.3, 0.4) is 0 Å². The Balaban J connectivity index is 2.11. The Labute approximate surface area is 56.4 Å². The largest absolute Gasteiger partial charge is 0.381 e. The first-order chi connectivity index (χ1) is 4.29. The van der Waals surface area contributed by atoms with Gasteiger partial charge in [0.15, 0.2) is 0 Å². The first kappa shape index (κ1) is 7.03. The van der Waals surface area contributed by atoms with E-state index in [-0.39, 0.29) is 0 Å². The summed E-state index contributed by atoms with van der Waals surface area (Å²) in [5, 5.41) is 0. The van der Waals surface area contributed by atoms with Gasteiger partial charge in [0, 0.05) is 19.3 Å². The predicted molar refractivity (Wildman–Crippen MR) is 37.2 cm³/mol. The summed E-state index contributed by atoms with van der Waals surface area (Å²) in [6.07, 6.45) is 2.33. The lowest BCUT2D eigenvalue weighted by molar-refractivity contribution is 0.183. The van der Waals surface area contributed by atoms with Crippen LogP contribution in [0.25, 0.3) is 0 Å². The van der Waals surface area contributed by atoms with Crippen LogP contribution >= 0.6 is 0 Å². The van der Waals surface area contributed by atoms with Crippen LogP contribution in [0.5, 0.6) is 0 Å². The van der Waals surface area contributed by atoms with E-state index in [9.17, 15) is 0 Å². The molecule has 1 heterocycles. The van der Waals surface area contributed by atoms with Crippen molar-refractivity contribution in [2.45, 2.75) is 25.8 Å². The summed E-state index contributed by atoms with van der Waals surface area (Å²) in [6, 6.07) is 0.344. The topological polar surface area (TPSA) is 35.2 Å². The van der Waals surface area contributed by atoms with E-state index in [0.29, 0.717) is 6.04 Å². The Hall–Kier alpha value is -0.0800. The number of hydrogen-bond donors (Lipinski definition) is 1. The van der Waals surface area contributed by atoms with Crippen LogP contribution in [0.4, 0.5) is 0 Å². The highest BCUT2D eigenvalue weighted by molar-refractivity contribution is 4.68. The summed E-state index contributed by atoms with van der Waals surface area (Å²) in [4.78, 5) is 0. The maximum atomic E-state index is 5.62. The third kappa shape index (κ3) is 2.33. The summed E-state index contributed by atoms with van der Waals surface area (Å²) < 4.78 is 5.20. The monoisotopic (exact) mass is 129 g/mol. The third-order valence-electron chi connectivity index (χ3n) is 1.73. The fraction of sp³-hybridized carbons (Fsp3) is 1.00. The smallest absolute Gasteiger partial charge is 0.0495 e. The number of nitrogens with two attached hydrogens (primary N) is 1. The minimum absolute atomic E-state index is 0.344. The molecule has 0 saturated carbocycles. The highest BCUT2D eigenvalue weighted by Gasteiger charge is 2.16. The molecular formula is C7H15NO. The van der Waals surface area contributed by atoms with Crippen LogP contribution in [-0.4, -0.2) is 19.3 Å².